The fourth-order valence-corrected chi connectivity index (χ4v) is 6.29. The lowest BCUT2D eigenvalue weighted by Crippen LogP contribution is -2.00. The van der Waals surface area contributed by atoms with Gasteiger partial charge in [0.05, 0.1) is 43.0 Å². The molecule has 0 atom stereocenters. The Balaban J connectivity index is 1.92. The fourth-order valence-electron chi connectivity index (χ4n) is 4.25. The summed E-state index contributed by atoms with van der Waals surface area (Å²) in [5.74, 6) is -0.841. The molecule has 49 heavy (non-hydrogen) atoms. The van der Waals surface area contributed by atoms with E-state index in [2.05, 4.69) is 32.0 Å². The highest BCUT2D eigenvalue weighted by Gasteiger charge is 2.23. The van der Waals surface area contributed by atoms with Crippen LogP contribution < -0.4 is 15.2 Å². The zero-order valence-electron chi connectivity index (χ0n) is 25.5. The minimum atomic E-state index is -5.05. The van der Waals surface area contributed by atoms with E-state index in [4.69, 9.17) is 19.9 Å². The molecule has 0 radical (unpaired) electrons. The van der Waals surface area contributed by atoms with Crippen LogP contribution in [-0.2, 0) is 34.8 Å². The number of ether oxygens (including phenoxy) is 3. The van der Waals surface area contributed by atoms with E-state index in [1.807, 2.05) is 0 Å². The maximum atomic E-state index is 12.5. The third kappa shape index (κ3) is 7.81. The second-order valence-electron chi connectivity index (χ2n) is 9.56. The van der Waals surface area contributed by atoms with Gasteiger partial charge in [0.15, 0.2) is 6.40 Å². The maximum Gasteiger partial charge on any atom is 0.296 e. The molecule has 0 spiro atoms. The van der Waals surface area contributed by atoms with Crippen molar-refractivity contribution in [2.45, 2.75) is 14.7 Å². The second-order valence-corrected chi connectivity index (χ2v) is 14.2. The SMILES string of the molecule is C=CS(=O)(=O)c1cc(OC)c(/N=N/c2cc(S(=O)(=O)O)c(/N=N/c3c(N)ccc4cc(S(=O)(=O)O)cc(O)c34)cc2N=COC)cc1OC. The standard InChI is InChI=1S/C28H26N6O12S3/c1-5-47(36,37)26-13-23(45-3)20(11-24(26)46-4)32-31-19-12-25(49(41,42)43)21(10-18(19)30-14-44-2)33-34-28-17(29)7-6-15-8-16(48(38,39)40)9-22(35)27(15)28/h5-14,35H,1,29H2,2-4H3,(H,38,39,40)(H,41,42,43)/b30-14?,32-31+,34-33+. The maximum absolute atomic E-state index is 12.5. The Hall–Kier alpha value is -5.48. The predicted octanol–water partition coefficient (Wildman–Crippen LogP) is 5.69. The number of fused-ring (bicyclic) bond motifs is 1. The van der Waals surface area contributed by atoms with E-state index in [1.54, 1.807) is 0 Å². The van der Waals surface area contributed by atoms with Crippen molar-refractivity contribution in [3.63, 3.8) is 0 Å². The average Bonchev–Trinajstić information content (AvgIpc) is 3.04. The third-order valence-electron chi connectivity index (χ3n) is 6.52. The lowest BCUT2D eigenvalue weighted by molar-refractivity contribution is 0.393. The molecule has 0 fully saturated rings. The Kier molecular flexibility index (Phi) is 10.3. The van der Waals surface area contributed by atoms with E-state index < -0.39 is 51.3 Å². The van der Waals surface area contributed by atoms with Crippen molar-refractivity contribution < 1.29 is 53.7 Å². The Bertz CT molecular complexity index is 2410. The number of sulfone groups is 1. The molecule has 4 rings (SSSR count). The summed E-state index contributed by atoms with van der Waals surface area (Å²) in [6.45, 7) is 3.29. The van der Waals surface area contributed by atoms with Crippen molar-refractivity contribution in [3.8, 4) is 17.2 Å². The number of anilines is 1. The van der Waals surface area contributed by atoms with Crippen molar-refractivity contribution in [3.05, 3.63) is 60.5 Å². The van der Waals surface area contributed by atoms with E-state index in [9.17, 15) is 39.5 Å². The van der Waals surface area contributed by atoms with Gasteiger partial charge in [-0.25, -0.2) is 13.4 Å². The number of aliphatic imine (C=N–C) groups is 1. The smallest absolute Gasteiger partial charge is 0.296 e. The van der Waals surface area contributed by atoms with Gasteiger partial charge in [0.1, 0.15) is 49.8 Å². The zero-order chi connectivity index (χ0) is 36.3. The summed E-state index contributed by atoms with van der Waals surface area (Å²) in [5, 5.41) is 27.3. The minimum absolute atomic E-state index is 0.0513. The van der Waals surface area contributed by atoms with Crippen LogP contribution in [0.25, 0.3) is 10.8 Å². The lowest BCUT2D eigenvalue weighted by atomic mass is 10.1. The van der Waals surface area contributed by atoms with Gasteiger partial charge in [-0.2, -0.15) is 16.8 Å². The topological polar surface area (TPSA) is 279 Å². The van der Waals surface area contributed by atoms with E-state index in [1.165, 1.54) is 39.5 Å². The molecule has 4 aromatic rings. The minimum Gasteiger partial charge on any atom is -0.507 e. The first-order valence-corrected chi connectivity index (χ1v) is 17.6. The molecule has 0 aliphatic carbocycles. The molecule has 0 aliphatic heterocycles. The predicted molar refractivity (Wildman–Crippen MR) is 177 cm³/mol. The van der Waals surface area contributed by atoms with Crippen LogP contribution in [0, 0.1) is 0 Å². The summed E-state index contributed by atoms with van der Waals surface area (Å²) in [6, 6.07) is 8.68. The van der Waals surface area contributed by atoms with Crippen molar-refractivity contribution in [2.75, 3.05) is 27.1 Å². The molecule has 4 aromatic carbocycles. The van der Waals surface area contributed by atoms with Crippen molar-refractivity contribution in [1.29, 1.82) is 0 Å². The van der Waals surface area contributed by atoms with Crippen LogP contribution in [0.15, 0.2) is 101 Å². The van der Waals surface area contributed by atoms with Gasteiger partial charge in [-0.15, -0.1) is 20.5 Å². The van der Waals surface area contributed by atoms with Gasteiger partial charge in [0.25, 0.3) is 20.2 Å². The number of azo groups is 2. The molecule has 258 valence electrons. The molecular formula is C28H26N6O12S3. The number of rotatable bonds is 12. The normalized spacial score (nSPS) is 12.7. The molecule has 0 bridgehead atoms. The van der Waals surface area contributed by atoms with Gasteiger partial charge in [-0.05, 0) is 29.7 Å². The fraction of sp³-hybridized carbons (Fsp3) is 0.107. The van der Waals surface area contributed by atoms with Crippen LogP contribution in [0.1, 0.15) is 0 Å². The number of nitrogens with zero attached hydrogens (tertiary/aromatic N) is 5. The highest BCUT2D eigenvalue weighted by atomic mass is 32.2. The molecule has 0 aliphatic rings. The number of methoxy groups -OCH3 is 3. The first-order chi connectivity index (χ1) is 22.9. The number of nitrogens with two attached hydrogens (primary N) is 1. The lowest BCUT2D eigenvalue weighted by Gasteiger charge is -2.11. The molecule has 21 heteroatoms. The molecule has 0 aromatic heterocycles. The van der Waals surface area contributed by atoms with Crippen LogP contribution in [0.2, 0.25) is 0 Å². The monoisotopic (exact) mass is 734 g/mol. The molecule has 0 unspecified atom stereocenters. The molecule has 0 amide bonds. The average molecular weight is 735 g/mol. The van der Waals surface area contributed by atoms with Crippen LogP contribution in [0.5, 0.6) is 17.2 Å². The van der Waals surface area contributed by atoms with Gasteiger partial charge >= 0.3 is 0 Å². The van der Waals surface area contributed by atoms with Gasteiger partial charge in [-0.1, -0.05) is 12.6 Å². The number of hydrogen-bond donors (Lipinski definition) is 4. The summed E-state index contributed by atoms with van der Waals surface area (Å²) in [7, 11) is -9.97. The van der Waals surface area contributed by atoms with E-state index >= 15 is 0 Å². The molecule has 0 saturated heterocycles. The number of phenols is 1. The Labute approximate surface area is 279 Å². The first kappa shape index (κ1) is 36.4. The molecule has 5 N–H and O–H groups in total. The molecule has 0 saturated carbocycles. The quantitative estimate of drug-likeness (QED) is 0.0448. The molecule has 18 nitrogen and oxygen atoms in total. The van der Waals surface area contributed by atoms with Crippen LogP contribution >= 0.6 is 0 Å². The van der Waals surface area contributed by atoms with Gasteiger partial charge < -0.3 is 25.1 Å². The third-order valence-corrected chi connectivity index (χ3v) is 9.60. The van der Waals surface area contributed by atoms with Crippen molar-refractivity contribution >= 4 is 81.4 Å². The van der Waals surface area contributed by atoms with Crippen LogP contribution in [0.4, 0.5) is 34.1 Å². The second kappa shape index (κ2) is 13.9. The Morgan fingerprint density at radius 2 is 1.39 bits per heavy atom. The Morgan fingerprint density at radius 1 is 0.735 bits per heavy atom. The van der Waals surface area contributed by atoms with Crippen molar-refractivity contribution in [1.82, 2.24) is 0 Å². The Morgan fingerprint density at radius 3 is 1.98 bits per heavy atom. The number of benzene rings is 4. The van der Waals surface area contributed by atoms with Gasteiger partial charge in [-0.3, -0.25) is 9.11 Å². The summed E-state index contributed by atoms with van der Waals surface area (Å²) < 4.78 is 108. The zero-order valence-corrected chi connectivity index (χ0v) is 28.0. The van der Waals surface area contributed by atoms with Gasteiger partial charge in [0, 0.05) is 23.6 Å². The summed E-state index contributed by atoms with van der Waals surface area (Å²) in [4.78, 5) is 2.35. The first-order valence-electron chi connectivity index (χ1n) is 13.2. The highest BCUT2D eigenvalue weighted by Crippen LogP contribution is 2.44. The van der Waals surface area contributed by atoms with E-state index in [-0.39, 0.29) is 55.6 Å². The summed E-state index contributed by atoms with van der Waals surface area (Å²) >= 11 is 0. The van der Waals surface area contributed by atoms with E-state index in [0.717, 1.165) is 42.1 Å². The summed E-state index contributed by atoms with van der Waals surface area (Å²) in [5.41, 5.74) is 4.84. The summed E-state index contributed by atoms with van der Waals surface area (Å²) in [6.07, 6.45) is 0.967. The number of phenolic OH excluding ortho intramolecular Hbond substituents is 1. The number of aromatic hydroxyl groups is 1. The van der Waals surface area contributed by atoms with E-state index in [0.29, 0.717) is 0 Å². The molecular weight excluding hydrogens is 709 g/mol. The number of nitrogen functional groups attached to an aromatic ring is 1. The van der Waals surface area contributed by atoms with Crippen LogP contribution in [-0.4, -0.2) is 67.2 Å². The molecule has 0 heterocycles. The number of hydrogen-bond acceptors (Lipinski definition) is 16. The van der Waals surface area contributed by atoms with Crippen molar-refractivity contribution in [2.24, 2.45) is 25.4 Å². The largest absolute Gasteiger partial charge is 0.507 e. The van der Waals surface area contributed by atoms with Crippen LogP contribution in [0.3, 0.4) is 0 Å². The van der Waals surface area contributed by atoms with Gasteiger partial charge in [0.2, 0.25) is 9.84 Å². The highest BCUT2D eigenvalue weighted by molar-refractivity contribution is 7.94.